The van der Waals surface area contributed by atoms with Gasteiger partial charge in [0.05, 0.1) is 11.7 Å². The van der Waals surface area contributed by atoms with Crippen molar-refractivity contribution in [3.63, 3.8) is 0 Å². The number of nitrogens with one attached hydrogen (secondary N) is 1. The van der Waals surface area contributed by atoms with Crippen LogP contribution < -0.4 is 4.90 Å². The highest BCUT2D eigenvalue weighted by Crippen LogP contribution is 2.44. The predicted octanol–water partition coefficient (Wildman–Crippen LogP) is 4.82. The highest BCUT2D eigenvalue weighted by atomic mass is 32.1. The molecule has 4 nitrogen and oxygen atoms in total. The number of carbonyl (C=O) groups excluding carboxylic acids is 1. The van der Waals surface area contributed by atoms with E-state index in [1.54, 1.807) is 4.90 Å². The first kappa shape index (κ1) is 17.4. The van der Waals surface area contributed by atoms with Crippen LogP contribution in [0.1, 0.15) is 22.9 Å². The Bertz CT molecular complexity index is 1280. The minimum absolute atomic E-state index is 0.0445. The molecule has 3 heterocycles. The number of benzene rings is 3. The number of para-hydroxylation sites is 2. The van der Waals surface area contributed by atoms with Gasteiger partial charge in [0.25, 0.3) is 5.91 Å². The fourth-order valence-electron chi connectivity index (χ4n) is 4.87. The highest BCUT2D eigenvalue weighted by Gasteiger charge is 2.50. The van der Waals surface area contributed by atoms with Gasteiger partial charge in [-0.3, -0.25) is 9.69 Å². The van der Waals surface area contributed by atoms with Crippen LogP contribution in [0.15, 0.2) is 84.9 Å². The molecule has 0 bridgehead atoms. The summed E-state index contributed by atoms with van der Waals surface area (Å²) in [6.45, 7) is 0. The summed E-state index contributed by atoms with van der Waals surface area (Å²) >= 11 is 5.90. The second-order valence-electron chi connectivity index (χ2n) is 7.79. The van der Waals surface area contributed by atoms with E-state index < -0.39 is 0 Å². The maximum atomic E-state index is 13.6. The fraction of sp³-hybridized carbons (Fsp3) is 0.120. The Kier molecular flexibility index (Phi) is 3.80. The molecule has 0 radical (unpaired) electrons. The molecule has 6 rings (SSSR count). The largest absolute Gasteiger partial charge is 0.356 e. The molecule has 3 aromatic carbocycles. The zero-order valence-corrected chi connectivity index (χ0v) is 17.0. The summed E-state index contributed by atoms with van der Waals surface area (Å²) < 4.78 is 0. The third-order valence-corrected chi connectivity index (χ3v) is 6.57. The lowest BCUT2D eigenvalue weighted by atomic mass is 9.89. The number of anilines is 1. The second-order valence-corrected chi connectivity index (χ2v) is 8.16. The molecule has 1 amide bonds. The Morgan fingerprint density at radius 1 is 0.867 bits per heavy atom. The number of aromatic amines is 1. The molecule has 2 aliphatic rings. The van der Waals surface area contributed by atoms with E-state index in [1.807, 2.05) is 54.6 Å². The van der Waals surface area contributed by atoms with Crippen LogP contribution in [0.4, 0.5) is 5.69 Å². The number of aromatic nitrogens is 1. The Hall–Kier alpha value is -3.44. The van der Waals surface area contributed by atoms with Crippen molar-refractivity contribution in [1.82, 2.24) is 9.88 Å². The SMILES string of the molecule is O=C1[C@H]2Cc3c([nH]c4ccccc34)[C@@H](c3ccccc3)N2C(=S)N1c1ccccc1. The number of rotatable bonds is 2. The number of thiocarbonyl (C=S) groups is 1. The highest BCUT2D eigenvalue weighted by molar-refractivity contribution is 7.80. The normalized spacial score (nSPS) is 20.5. The van der Waals surface area contributed by atoms with Gasteiger partial charge in [0.2, 0.25) is 0 Å². The molecular formula is C25H19N3OS. The number of hydrogen-bond donors (Lipinski definition) is 1. The van der Waals surface area contributed by atoms with Gasteiger partial charge in [0, 0.05) is 23.0 Å². The monoisotopic (exact) mass is 409 g/mol. The standard InChI is InChI=1S/C25H19N3OS/c29-24-21-15-19-18-13-7-8-14-20(18)26-22(19)23(16-9-3-1-4-10-16)28(21)25(30)27(24)17-11-5-2-6-12-17/h1-14,21,23,26H,15H2/t21-,23-/m1/s1. The van der Waals surface area contributed by atoms with Crippen LogP contribution in [0.5, 0.6) is 0 Å². The van der Waals surface area contributed by atoms with E-state index in [0.29, 0.717) is 11.5 Å². The quantitative estimate of drug-likeness (QED) is 0.483. The summed E-state index contributed by atoms with van der Waals surface area (Å²) in [5.41, 5.74) is 5.39. The van der Waals surface area contributed by atoms with Crippen molar-refractivity contribution in [1.29, 1.82) is 0 Å². The molecule has 30 heavy (non-hydrogen) atoms. The summed E-state index contributed by atoms with van der Waals surface area (Å²) in [6.07, 6.45) is 0.644. The zero-order valence-electron chi connectivity index (χ0n) is 16.2. The van der Waals surface area contributed by atoms with Crippen LogP contribution in [0.2, 0.25) is 0 Å². The van der Waals surface area contributed by atoms with Crippen LogP contribution in [0.3, 0.4) is 0 Å². The van der Waals surface area contributed by atoms with Crippen LogP contribution in [0, 0.1) is 0 Å². The Balaban J connectivity index is 1.56. The molecule has 1 N–H and O–H groups in total. The number of nitrogens with zero attached hydrogens (tertiary/aromatic N) is 2. The molecule has 2 atom stereocenters. The lowest BCUT2D eigenvalue weighted by Crippen LogP contribution is -2.44. The molecule has 0 saturated carbocycles. The topological polar surface area (TPSA) is 39.3 Å². The van der Waals surface area contributed by atoms with E-state index in [1.165, 1.54) is 10.9 Å². The Labute approximate surface area is 179 Å². The summed E-state index contributed by atoms with van der Waals surface area (Å²) in [6, 6.07) is 27.9. The Morgan fingerprint density at radius 2 is 1.53 bits per heavy atom. The van der Waals surface area contributed by atoms with E-state index in [4.69, 9.17) is 12.2 Å². The van der Waals surface area contributed by atoms with Crippen molar-refractivity contribution >= 4 is 39.8 Å². The van der Waals surface area contributed by atoms with Crippen molar-refractivity contribution in [2.45, 2.75) is 18.5 Å². The average molecular weight is 410 g/mol. The van der Waals surface area contributed by atoms with Crippen molar-refractivity contribution < 1.29 is 4.79 Å². The smallest absolute Gasteiger partial charge is 0.256 e. The molecule has 1 aromatic heterocycles. The summed E-state index contributed by atoms with van der Waals surface area (Å²) in [5.74, 6) is 0.0445. The molecule has 0 spiro atoms. The molecule has 0 aliphatic carbocycles. The van der Waals surface area contributed by atoms with Crippen LogP contribution >= 0.6 is 12.2 Å². The van der Waals surface area contributed by atoms with E-state index in [2.05, 4.69) is 40.2 Å². The van der Waals surface area contributed by atoms with Gasteiger partial charge in [-0.2, -0.15) is 0 Å². The van der Waals surface area contributed by atoms with Crippen molar-refractivity contribution in [3.05, 3.63) is 102 Å². The summed E-state index contributed by atoms with van der Waals surface area (Å²) in [4.78, 5) is 21.0. The van der Waals surface area contributed by atoms with Crippen molar-refractivity contribution in [2.24, 2.45) is 0 Å². The van der Waals surface area contributed by atoms with E-state index in [9.17, 15) is 4.79 Å². The van der Waals surface area contributed by atoms with Gasteiger partial charge in [0.1, 0.15) is 6.04 Å². The molecule has 0 unspecified atom stereocenters. The summed E-state index contributed by atoms with van der Waals surface area (Å²) in [7, 11) is 0. The molecule has 146 valence electrons. The van der Waals surface area contributed by atoms with Gasteiger partial charge in [-0.05, 0) is 41.5 Å². The first-order chi connectivity index (χ1) is 14.7. The third-order valence-electron chi connectivity index (χ3n) is 6.18. The van der Waals surface area contributed by atoms with Gasteiger partial charge < -0.3 is 9.88 Å². The van der Waals surface area contributed by atoms with E-state index in [0.717, 1.165) is 22.5 Å². The van der Waals surface area contributed by atoms with Crippen LogP contribution in [0.25, 0.3) is 10.9 Å². The number of fused-ring (bicyclic) bond motifs is 4. The maximum Gasteiger partial charge on any atom is 0.256 e. The van der Waals surface area contributed by atoms with Gasteiger partial charge in [-0.1, -0.05) is 66.7 Å². The number of amides is 1. The molecular weight excluding hydrogens is 390 g/mol. The zero-order chi connectivity index (χ0) is 20.2. The average Bonchev–Trinajstić information content (AvgIpc) is 3.28. The first-order valence-corrected chi connectivity index (χ1v) is 10.5. The molecule has 5 heteroatoms. The number of H-pyrrole nitrogens is 1. The van der Waals surface area contributed by atoms with E-state index >= 15 is 0 Å². The van der Waals surface area contributed by atoms with E-state index in [-0.39, 0.29) is 18.0 Å². The molecule has 1 saturated heterocycles. The van der Waals surface area contributed by atoms with Crippen molar-refractivity contribution in [2.75, 3.05) is 4.90 Å². The number of carbonyl (C=O) groups is 1. The van der Waals surface area contributed by atoms with Gasteiger partial charge in [0.15, 0.2) is 5.11 Å². The van der Waals surface area contributed by atoms with Crippen LogP contribution in [-0.2, 0) is 11.2 Å². The first-order valence-electron chi connectivity index (χ1n) is 10.1. The number of hydrogen-bond acceptors (Lipinski definition) is 2. The van der Waals surface area contributed by atoms with Gasteiger partial charge in [-0.25, -0.2) is 0 Å². The minimum atomic E-state index is -0.311. The molecule has 2 aliphatic heterocycles. The van der Waals surface area contributed by atoms with Gasteiger partial charge in [-0.15, -0.1) is 0 Å². The fourth-order valence-corrected chi connectivity index (χ4v) is 5.30. The van der Waals surface area contributed by atoms with Crippen molar-refractivity contribution in [3.8, 4) is 0 Å². The lowest BCUT2D eigenvalue weighted by Gasteiger charge is -2.37. The van der Waals surface area contributed by atoms with Gasteiger partial charge >= 0.3 is 0 Å². The predicted molar refractivity (Wildman–Crippen MR) is 122 cm³/mol. The third kappa shape index (κ3) is 2.39. The maximum absolute atomic E-state index is 13.6. The summed E-state index contributed by atoms with van der Waals surface area (Å²) in [5, 5.41) is 1.75. The van der Waals surface area contributed by atoms with Crippen LogP contribution in [-0.4, -0.2) is 26.9 Å². The Morgan fingerprint density at radius 3 is 2.30 bits per heavy atom. The molecule has 4 aromatic rings. The second kappa shape index (κ2) is 6.54. The minimum Gasteiger partial charge on any atom is -0.356 e. The lowest BCUT2D eigenvalue weighted by molar-refractivity contribution is -0.120. The molecule has 1 fully saturated rings.